The molecule has 0 saturated heterocycles. The molecule has 0 unspecified atom stereocenters. The molecule has 0 aliphatic rings. The molecular formula is C16H18FN3O. The number of carbonyl (C=O) groups excluding carboxylic acids is 1. The molecule has 2 N–H and O–H groups in total. The zero-order chi connectivity index (χ0) is 15.1. The van der Waals surface area contributed by atoms with E-state index >= 15 is 0 Å². The minimum absolute atomic E-state index is 0.159. The third-order valence-corrected chi connectivity index (χ3v) is 2.97. The molecule has 0 radical (unpaired) electrons. The Morgan fingerprint density at radius 1 is 1.29 bits per heavy atom. The first-order valence-electron chi connectivity index (χ1n) is 6.91. The van der Waals surface area contributed by atoms with Gasteiger partial charge in [-0.05, 0) is 43.2 Å². The van der Waals surface area contributed by atoms with Crippen LogP contribution in [-0.2, 0) is 6.42 Å². The largest absolute Gasteiger partial charge is 0.370 e. The van der Waals surface area contributed by atoms with Crippen LogP contribution in [0.25, 0.3) is 0 Å². The lowest BCUT2D eigenvalue weighted by molar-refractivity contribution is 0.0954. The second-order valence-corrected chi connectivity index (χ2v) is 4.60. The maximum absolute atomic E-state index is 13.0. The maximum atomic E-state index is 13.0. The number of hydrogen-bond donors (Lipinski definition) is 2. The minimum atomic E-state index is -0.261. The Morgan fingerprint density at radius 3 is 2.90 bits per heavy atom. The van der Waals surface area contributed by atoms with E-state index in [1.165, 1.54) is 12.1 Å². The van der Waals surface area contributed by atoms with E-state index in [1.54, 1.807) is 24.4 Å². The average Bonchev–Trinajstić information content (AvgIpc) is 2.48. The molecule has 5 heteroatoms. The van der Waals surface area contributed by atoms with Crippen molar-refractivity contribution in [3.05, 3.63) is 59.5 Å². The third-order valence-electron chi connectivity index (χ3n) is 2.97. The van der Waals surface area contributed by atoms with Crippen LogP contribution in [0.3, 0.4) is 0 Å². The molecule has 21 heavy (non-hydrogen) atoms. The van der Waals surface area contributed by atoms with Crippen LogP contribution in [0.15, 0.2) is 42.6 Å². The summed E-state index contributed by atoms with van der Waals surface area (Å²) in [7, 11) is 0. The second-order valence-electron chi connectivity index (χ2n) is 4.60. The fraction of sp³-hybridized carbons (Fsp3) is 0.250. The molecule has 0 bridgehead atoms. The predicted octanol–water partition coefficient (Wildman–Crippen LogP) is 2.63. The molecule has 0 spiro atoms. The van der Waals surface area contributed by atoms with Gasteiger partial charge in [-0.3, -0.25) is 4.79 Å². The fourth-order valence-corrected chi connectivity index (χ4v) is 1.96. The highest BCUT2D eigenvalue weighted by molar-refractivity contribution is 5.94. The lowest BCUT2D eigenvalue weighted by atomic mass is 10.1. The number of halogens is 1. The summed E-state index contributed by atoms with van der Waals surface area (Å²) in [6.45, 7) is 3.17. The molecule has 0 fully saturated rings. The predicted molar refractivity (Wildman–Crippen MR) is 80.8 cm³/mol. The first-order valence-corrected chi connectivity index (χ1v) is 6.91. The number of hydrogen-bond acceptors (Lipinski definition) is 3. The van der Waals surface area contributed by atoms with Gasteiger partial charge < -0.3 is 10.6 Å². The van der Waals surface area contributed by atoms with Crippen molar-refractivity contribution in [2.24, 2.45) is 0 Å². The van der Waals surface area contributed by atoms with Gasteiger partial charge in [0.1, 0.15) is 11.6 Å². The number of benzene rings is 1. The Kier molecular flexibility index (Phi) is 5.26. The van der Waals surface area contributed by atoms with E-state index in [0.29, 0.717) is 24.3 Å². The van der Waals surface area contributed by atoms with Gasteiger partial charge in [0, 0.05) is 24.8 Å². The van der Waals surface area contributed by atoms with Gasteiger partial charge in [0.05, 0.1) is 0 Å². The molecule has 0 atom stereocenters. The maximum Gasteiger partial charge on any atom is 0.251 e. The fourth-order valence-electron chi connectivity index (χ4n) is 1.96. The highest BCUT2D eigenvalue weighted by Gasteiger charge is 2.06. The summed E-state index contributed by atoms with van der Waals surface area (Å²) in [6.07, 6.45) is 2.19. The molecule has 0 aliphatic heterocycles. The Bertz CT molecular complexity index is 616. The van der Waals surface area contributed by atoms with Gasteiger partial charge in [-0.1, -0.05) is 12.1 Å². The summed E-state index contributed by atoms with van der Waals surface area (Å²) in [6, 6.07) is 9.76. The standard InChI is InChI=1S/C16H18FN3O/c1-2-18-15-11-13(7-9-19-15)16(21)20-8-6-12-4-3-5-14(17)10-12/h3-5,7,9-11H,2,6,8H2,1H3,(H,18,19)(H,20,21). The smallest absolute Gasteiger partial charge is 0.251 e. The van der Waals surface area contributed by atoms with Crippen molar-refractivity contribution in [3.8, 4) is 0 Å². The molecule has 1 heterocycles. The van der Waals surface area contributed by atoms with E-state index in [1.807, 2.05) is 13.0 Å². The van der Waals surface area contributed by atoms with Gasteiger partial charge in [-0.15, -0.1) is 0 Å². The number of anilines is 1. The zero-order valence-electron chi connectivity index (χ0n) is 11.9. The normalized spacial score (nSPS) is 10.2. The van der Waals surface area contributed by atoms with Crippen LogP contribution >= 0.6 is 0 Å². The molecule has 0 saturated carbocycles. The number of amides is 1. The zero-order valence-corrected chi connectivity index (χ0v) is 11.9. The molecule has 2 aromatic rings. The van der Waals surface area contributed by atoms with Gasteiger partial charge in [0.15, 0.2) is 0 Å². The van der Waals surface area contributed by atoms with Gasteiger partial charge in [0.25, 0.3) is 5.91 Å². The highest BCUT2D eigenvalue weighted by atomic mass is 19.1. The van der Waals surface area contributed by atoms with Gasteiger partial charge in [-0.2, -0.15) is 0 Å². The van der Waals surface area contributed by atoms with Crippen molar-refractivity contribution in [2.45, 2.75) is 13.3 Å². The van der Waals surface area contributed by atoms with E-state index in [-0.39, 0.29) is 11.7 Å². The summed E-state index contributed by atoms with van der Waals surface area (Å²) in [4.78, 5) is 16.1. The first-order chi connectivity index (χ1) is 10.2. The highest BCUT2D eigenvalue weighted by Crippen LogP contribution is 2.07. The van der Waals surface area contributed by atoms with Crippen LogP contribution in [-0.4, -0.2) is 24.0 Å². The molecule has 2 rings (SSSR count). The molecule has 4 nitrogen and oxygen atoms in total. The number of aromatic nitrogens is 1. The van der Waals surface area contributed by atoms with E-state index < -0.39 is 0 Å². The van der Waals surface area contributed by atoms with Crippen LogP contribution in [0, 0.1) is 5.82 Å². The molecule has 1 amide bonds. The Balaban J connectivity index is 1.88. The lowest BCUT2D eigenvalue weighted by Crippen LogP contribution is -2.25. The van der Waals surface area contributed by atoms with Crippen molar-refractivity contribution in [2.75, 3.05) is 18.4 Å². The monoisotopic (exact) mass is 287 g/mol. The van der Waals surface area contributed by atoms with Crippen molar-refractivity contribution in [1.82, 2.24) is 10.3 Å². The number of pyridine rings is 1. The SMILES string of the molecule is CCNc1cc(C(=O)NCCc2cccc(F)c2)ccn1. The molecule has 1 aromatic carbocycles. The van der Waals surface area contributed by atoms with E-state index in [9.17, 15) is 9.18 Å². The number of nitrogens with zero attached hydrogens (tertiary/aromatic N) is 1. The topological polar surface area (TPSA) is 54.0 Å². The van der Waals surface area contributed by atoms with Gasteiger partial charge in [-0.25, -0.2) is 9.37 Å². The molecule has 0 aliphatic carbocycles. The van der Waals surface area contributed by atoms with Crippen molar-refractivity contribution in [3.63, 3.8) is 0 Å². The van der Waals surface area contributed by atoms with Crippen LogP contribution in [0.1, 0.15) is 22.8 Å². The average molecular weight is 287 g/mol. The third kappa shape index (κ3) is 4.56. The van der Waals surface area contributed by atoms with Crippen LogP contribution in [0.5, 0.6) is 0 Å². The Hall–Kier alpha value is -2.43. The summed E-state index contributed by atoms with van der Waals surface area (Å²) >= 11 is 0. The van der Waals surface area contributed by atoms with Crippen LogP contribution in [0.2, 0.25) is 0 Å². The minimum Gasteiger partial charge on any atom is -0.370 e. The quantitative estimate of drug-likeness (QED) is 0.858. The molecule has 1 aromatic heterocycles. The van der Waals surface area contributed by atoms with E-state index in [2.05, 4.69) is 15.6 Å². The van der Waals surface area contributed by atoms with Crippen molar-refractivity contribution < 1.29 is 9.18 Å². The van der Waals surface area contributed by atoms with E-state index in [0.717, 1.165) is 12.1 Å². The molecule has 110 valence electrons. The van der Waals surface area contributed by atoms with Crippen molar-refractivity contribution >= 4 is 11.7 Å². The van der Waals surface area contributed by atoms with Crippen LogP contribution < -0.4 is 10.6 Å². The van der Waals surface area contributed by atoms with E-state index in [4.69, 9.17) is 0 Å². The Labute approximate surface area is 123 Å². The van der Waals surface area contributed by atoms with Gasteiger partial charge >= 0.3 is 0 Å². The molecular weight excluding hydrogens is 269 g/mol. The van der Waals surface area contributed by atoms with Gasteiger partial charge in [0.2, 0.25) is 0 Å². The summed E-state index contributed by atoms with van der Waals surface area (Å²) in [5, 5.41) is 5.88. The summed E-state index contributed by atoms with van der Waals surface area (Å²) in [5.41, 5.74) is 1.42. The summed E-state index contributed by atoms with van der Waals surface area (Å²) in [5.74, 6) is 0.256. The summed E-state index contributed by atoms with van der Waals surface area (Å²) < 4.78 is 13.0. The Morgan fingerprint density at radius 2 is 2.14 bits per heavy atom. The van der Waals surface area contributed by atoms with Crippen molar-refractivity contribution in [1.29, 1.82) is 0 Å². The number of carbonyl (C=O) groups is 1. The first kappa shape index (κ1) is 15.0. The van der Waals surface area contributed by atoms with Crippen LogP contribution in [0.4, 0.5) is 10.2 Å². The number of rotatable bonds is 6. The number of nitrogens with one attached hydrogen (secondary N) is 2. The second kappa shape index (κ2) is 7.38. The lowest BCUT2D eigenvalue weighted by Gasteiger charge is -2.07.